The predicted octanol–water partition coefficient (Wildman–Crippen LogP) is 2.72. The van der Waals surface area contributed by atoms with Gasteiger partial charge in [-0.1, -0.05) is 17.8 Å². The second-order valence-corrected chi connectivity index (χ2v) is 7.26. The molecule has 0 aliphatic rings. The summed E-state index contributed by atoms with van der Waals surface area (Å²) in [5.74, 6) is 1.39. The van der Waals surface area contributed by atoms with Gasteiger partial charge in [0.15, 0.2) is 5.16 Å². The molecule has 0 fully saturated rings. The minimum absolute atomic E-state index is 0.154. The number of amides is 2. The van der Waals surface area contributed by atoms with Gasteiger partial charge < -0.3 is 19.2 Å². The number of nitrogens with zero attached hydrogens (tertiary/aromatic N) is 4. The molecule has 0 unspecified atom stereocenters. The lowest BCUT2D eigenvalue weighted by atomic mass is 10.1. The van der Waals surface area contributed by atoms with Gasteiger partial charge in [-0.15, -0.1) is 10.2 Å². The van der Waals surface area contributed by atoms with E-state index < -0.39 is 0 Å². The second-order valence-electron chi connectivity index (χ2n) is 6.32. The number of thioether (sulfide) groups is 1. The number of furan rings is 1. The maximum absolute atomic E-state index is 12.7. The number of carbonyl (C=O) groups excluding carboxylic acids is 2. The summed E-state index contributed by atoms with van der Waals surface area (Å²) in [5, 5.41) is 11.2. The first-order chi connectivity index (χ1) is 13.4. The third kappa shape index (κ3) is 5.01. The van der Waals surface area contributed by atoms with Crippen LogP contribution in [-0.2, 0) is 18.4 Å². The normalized spacial score (nSPS) is 10.7. The average Bonchev–Trinajstić information content (AvgIpc) is 3.27. The fourth-order valence-electron chi connectivity index (χ4n) is 2.56. The van der Waals surface area contributed by atoms with E-state index in [1.807, 2.05) is 26.1 Å². The molecule has 0 spiro atoms. The van der Waals surface area contributed by atoms with Gasteiger partial charge in [-0.25, -0.2) is 0 Å². The molecule has 3 aromatic rings. The lowest BCUT2D eigenvalue weighted by molar-refractivity contribution is -0.113. The third-order valence-electron chi connectivity index (χ3n) is 3.93. The van der Waals surface area contributed by atoms with Crippen LogP contribution in [0.5, 0.6) is 0 Å². The highest BCUT2D eigenvalue weighted by molar-refractivity contribution is 7.99. The molecule has 9 heteroatoms. The number of aryl methyl sites for hydroxylation is 2. The molecular weight excluding hydrogens is 378 g/mol. The van der Waals surface area contributed by atoms with Crippen LogP contribution in [0.1, 0.15) is 21.9 Å². The van der Waals surface area contributed by atoms with Crippen molar-refractivity contribution in [1.29, 1.82) is 0 Å². The quantitative estimate of drug-likeness (QED) is 0.614. The molecule has 2 aromatic heterocycles. The number of nitrogens with one attached hydrogen (secondary N) is 1. The number of benzene rings is 1. The van der Waals surface area contributed by atoms with Gasteiger partial charge in [-0.2, -0.15) is 0 Å². The molecule has 2 heterocycles. The Hall–Kier alpha value is -3.07. The van der Waals surface area contributed by atoms with Crippen LogP contribution < -0.4 is 5.32 Å². The Morgan fingerprint density at radius 2 is 2.11 bits per heavy atom. The zero-order chi connectivity index (χ0) is 20.1. The van der Waals surface area contributed by atoms with Crippen molar-refractivity contribution in [2.45, 2.75) is 18.6 Å². The summed E-state index contributed by atoms with van der Waals surface area (Å²) in [6.45, 7) is 2.23. The van der Waals surface area contributed by atoms with Gasteiger partial charge in [0.05, 0.1) is 12.3 Å². The minimum Gasteiger partial charge on any atom is -0.464 e. The van der Waals surface area contributed by atoms with Crippen LogP contribution in [0.4, 0.5) is 5.69 Å². The van der Waals surface area contributed by atoms with Gasteiger partial charge in [-0.3, -0.25) is 9.59 Å². The molecule has 0 aliphatic carbocycles. The van der Waals surface area contributed by atoms with E-state index in [9.17, 15) is 9.59 Å². The maximum Gasteiger partial charge on any atom is 0.254 e. The average molecular weight is 399 g/mol. The van der Waals surface area contributed by atoms with Crippen molar-refractivity contribution in [3.05, 3.63) is 59.8 Å². The fraction of sp³-hybridized carbons (Fsp3) is 0.263. The van der Waals surface area contributed by atoms with Gasteiger partial charge >= 0.3 is 0 Å². The van der Waals surface area contributed by atoms with E-state index >= 15 is 0 Å². The first-order valence-corrected chi connectivity index (χ1v) is 9.58. The Kier molecular flexibility index (Phi) is 6.15. The number of hydrogen-bond donors (Lipinski definition) is 1. The molecule has 2 amide bonds. The van der Waals surface area contributed by atoms with Gasteiger partial charge in [0, 0.05) is 25.3 Å². The smallest absolute Gasteiger partial charge is 0.254 e. The lowest BCUT2D eigenvalue weighted by Gasteiger charge is -2.16. The minimum atomic E-state index is -0.183. The van der Waals surface area contributed by atoms with E-state index in [4.69, 9.17) is 4.42 Å². The van der Waals surface area contributed by atoms with E-state index in [0.29, 0.717) is 23.0 Å². The summed E-state index contributed by atoms with van der Waals surface area (Å²) < 4.78 is 7.26. The molecule has 0 atom stereocenters. The molecule has 0 radical (unpaired) electrons. The van der Waals surface area contributed by atoms with Crippen molar-refractivity contribution in [3.8, 4) is 0 Å². The van der Waals surface area contributed by atoms with Crippen molar-refractivity contribution in [2.24, 2.45) is 7.05 Å². The number of aromatic nitrogens is 3. The Morgan fingerprint density at radius 1 is 1.29 bits per heavy atom. The molecule has 3 rings (SSSR count). The number of carbonyl (C=O) groups is 2. The SMILES string of the molecule is Cc1ccc(CN(C)C(=O)c2cccc(NC(=O)CSc3nncn3C)c2)o1. The topological polar surface area (TPSA) is 93.3 Å². The van der Waals surface area contributed by atoms with Crippen LogP contribution >= 0.6 is 11.8 Å². The maximum atomic E-state index is 12.7. The lowest BCUT2D eigenvalue weighted by Crippen LogP contribution is -2.26. The van der Waals surface area contributed by atoms with Gasteiger partial charge in [0.25, 0.3) is 5.91 Å². The molecule has 8 nitrogen and oxygen atoms in total. The first-order valence-electron chi connectivity index (χ1n) is 8.60. The van der Waals surface area contributed by atoms with Crippen molar-refractivity contribution >= 4 is 29.3 Å². The van der Waals surface area contributed by atoms with Gasteiger partial charge in [-0.05, 0) is 37.3 Å². The molecule has 1 aromatic carbocycles. The molecular formula is C19H21N5O3S. The Labute approximate surface area is 166 Å². The fourth-order valence-corrected chi connectivity index (χ4v) is 3.24. The van der Waals surface area contributed by atoms with Crippen molar-refractivity contribution in [2.75, 3.05) is 18.1 Å². The molecule has 0 saturated heterocycles. The van der Waals surface area contributed by atoms with Crippen LogP contribution in [0, 0.1) is 6.92 Å². The van der Waals surface area contributed by atoms with Crippen molar-refractivity contribution in [1.82, 2.24) is 19.7 Å². The summed E-state index contributed by atoms with van der Waals surface area (Å²) in [6.07, 6.45) is 1.58. The van der Waals surface area contributed by atoms with Gasteiger partial charge in [0.2, 0.25) is 5.91 Å². The summed E-state index contributed by atoms with van der Waals surface area (Å²) in [4.78, 5) is 26.4. The van der Waals surface area contributed by atoms with E-state index in [1.54, 1.807) is 47.1 Å². The Balaban J connectivity index is 1.58. The predicted molar refractivity (Wildman–Crippen MR) is 106 cm³/mol. The summed E-state index contributed by atoms with van der Waals surface area (Å²) >= 11 is 1.29. The van der Waals surface area contributed by atoms with Crippen LogP contribution in [0.3, 0.4) is 0 Å². The van der Waals surface area contributed by atoms with E-state index in [1.165, 1.54) is 11.8 Å². The second kappa shape index (κ2) is 8.75. The zero-order valence-electron chi connectivity index (χ0n) is 15.9. The van der Waals surface area contributed by atoms with Crippen LogP contribution in [0.25, 0.3) is 0 Å². The first kappa shape index (κ1) is 19.7. The molecule has 0 aliphatic heterocycles. The Bertz CT molecular complexity index is 981. The van der Waals surface area contributed by atoms with Gasteiger partial charge in [0.1, 0.15) is 17.8 Å². The molecule has 0 saturated carbocycles. The van der Waals surface area contributed by atoms with Crippen LogP contribution in [-0.4, -0.2) is 44.3 Å². The molecule has 1 N–H and O–H groups in total. The van der Waals surface area contributed by atoms with E-state index in [-0.39, 0.29) is 17.6 Å². The summed E-state index contributed by atoms with van der Waals surface area (Å²) in [6, 6.07) is 10.6. The Morgan fingerprint density at radius 3 is 2.79 bits per heavy atom. The van der Waals surface area contributed by atoms with Crippen LogP contribution in [0.2, 0.25) is 0 Å². The van der Waals surface area contributed by atoms with Crippen molar-refractivity contribution in [3.63, 3.8) is 0 Å². The summed E-state index contributed by atoms with van der Waals surface area (Å²) in [7, 11) is 3.53. The largest absolute Gasteiger partial charge is 0.464 e. The highest BCUT2D eigenvalue weighted by atomic mass is 32.2. The number of rotatable bonds is 7. The highest BCUT2D eigenvalue weighted by Crippen LogP contribution is 2.17. The highest BCUT2D eigenvalue weighted by Gasteiger charge is 2.15. The van der Waals surface area contributed by atoms with E-state index in [2.05, 4.69) is 15.5 Å². The monoisotopic (exact) mass is 399 g/mol. The van der Waals surface area contributed by atoms with E-state index in [0.717, 1.165) is 11.5 Å². The third-order valence-corrected chi connectivity index (χ3v) is 4.97. The standard InChI is InChI=1S/C19H21N5O3S/c1-13-7-8-16(27-13)10-23(2)18(26)14-5-4-6-15(9-14)21-17(25)11-28-19-22-20-12-24(19)3/h4-9,12H,10-11H2,1-3H3,(H,21,25). The molecule has 146 valence electrons. The zero-order valence-corrected chi connectivity index (χ0v) is 16.7. The molecule has 28 heavy (non-hydrogen) atoms. The number of hydrogen-bond acceptors (Lipinski definition) is 6. The van der Waals surface area contributed by atoms with Crippen LogP contribution in [0.15, 0.2) is 52.3 Å². The summed E-state index contributed by atoms with van der Waals surface area (Å²) in [5.41, 5.74) is 1.06. The molecule has 0 bridgehead atoms. The number of anilines is 1. The van der Waals surface area contributed by atoms with Crippen molar-refractivity contribution < 1.29 is 14.0 Å².